The fraction of sp³-hybridized carbons (Fsp3) is 0.591. The molecule has 1 aromatic carbocycles. The van der Waals surface area contributed by atoms with Gasteiger partial charge in [-0.25, -0.2) is 4.39 Å². The van der Waals surface area contributed by atoms with Gasteiger partial charge in [0.05, 0.1) is 17.5 Å². The molecule has 5 atom stereocenters. The van der Waals surface area contributed by atoms with E-state index in [1.54, 1.807) is 12.1 Å². The minimum absolute atomic E-state index is 0.00918. The number of likely N-dealkylation sites (tertiary alicyclic amines) is 1. The maximum atomic E-state index is 14.0. The van der Waals surface area contributed by atoms with Crippen LogP contribution >= 0.6 is 0 Å². The highest BCUT2D eigenvalue weighted by Crippen LogP contribution is 2.53. The molecule has 3 aliphatic rings. The summed E-state index contributed by atoms with van der Waals surface area (Å²) in [4.78, 5) is 2.47. The van der Waals surface area contributed by atoms with E-state index in [-0.39, 0.29) is 35.3 Å². The Hall–Kier alpha value is -1.90. The summed E-state index contributed by atoms with van der Waals surface area (Å²) in [7, 11) is 0. The number of nitrogens with zero attached hydrogens (tertiary/aromatic N) is 2. The summed E-state index contributed by atoms with van der Waals surface area (Å²) in [5.41, 5.74) is 6.78. The number of rotatable bonds is 3. The number of hydrogen-bond acceptors (Lipinski definition) is 4. The SMILES string of the molecule is CC12CCC(F)=CC1CC(N1CCCC(N)C1)C2Oc1ccc(C#N)cc1. The standard InChI is InChI=1S/C22H28FN3O/c1-22-9-8-17(23)11-16(22)12-20(26-10-2-3-18(25)14-26)21(22)27-19-6-4-15(13-24)5-7-19/h4-7,11,16,18,20-21H,2-3,8-10,12,14,25H2,1H3. The van der Waals surface area contributed by atoms with Gasteiger partial charge in [-0.3, -0.25) is 4.90 Å². The molecular weight excluding hydrogens is 341 g/mol. The van der Waals surface area contributed by atoms with Gasteiger partial charge in [-0.15, -0.1) is 0 Å². The minimum Gasteiger partial charge on any atom is -0.488 e. The molecule has 1 heterocycles. The van der Waals surface area contributed by atoms with E-state index in [0.717, 1.165) is 44.5 Å². The fourth-order valence-corrected chi connectivity index (χ4v) is 5.23. The zero-order chi connectivity index (χ0) is 19.0. The number of fused-ring (bicyclic) bond motifs is 1. The third-order valence-electron chi connectivity index (χ3n) is 6.83. The van der Waals surface area contributed by atoms with Gasteiger partial charge >= 0.3 is 0 Å². The van der Waals surface area contributed by atoms with E-state index >= 15 is 0 Å². The molecule has 5 unspecified atom stereocenters. The van der Waals surface area contributed by atoms with Crippen molar-refractivity contribution in [2.75, 3.05) is 13.1 Å². The maximum Gasteiger partial charge on any atom is 0.120 e. The van der Waals surface area contributed by atoms with Crippen molar-refractivity contribution in [2.45, 2.75) is 57.2 Å². The third kappa shape index (κ3) is 3.49. The van der Waals surface area contributed by atoms with Gasteiger partial charge in [-0.1, -0.05) is 6.92 Å². The Kier molecular flexibility index (Phi) is 4.96. The van der Waals surface area contributed by atoms with E-state index in [9.17, 15) is 4.39 Å². The lowest BCUT2D eigenvalue weighted by Crippen LogP contribution is -2.53. The van der Waals surface area contributed by atoms with E-state index in [1.165, 1.54) is 0 Å². The van der Waals surface area contributed by atoms with Gasteiger partial charge in [0.2, 0.25) is 0 Å². The first kappa shape index (κ1) is 18.5. The highest BCUT2D eigenvalue weighted by atomic mass is 19.1. The van der Waals surface area contributed by atoms with Crippen molar-refractivity contribution in [3.8, 4) is 11.8 Å². The monoisotopic (exact) mass is 369 g/mol. The lowest BCUT2D eigenvalue weighted by atomic mass is 9.71. The first-order valence-electron chi connectivity index (χ1n) is 10.0. The summed E-state index contributed by atoms with van der Waals surface area (Å²) >= 11 is 0. The first-order chi connectivity index (χ1) is 13.0. The Morgan fingerprint density at radius 1 is 1.33 bits per heavy atom. The molecule has 0 bridgehead atoms. The fourth-order valence-electron chi connectivity index (χ4n) is 5.23. The number of hydrogen-bond donors (Lipinski definition) is 1. The molecule has 27 heavy (non-hydrogen) atoms. The Balaban J connectivity index is 1.63. The molecule has 2 aliphatic carbocycles. The van der Waals surface area contributed by atoms with Crippen LogP contribution in [0, 0.1) is 22.7 Å². The van der Waals surface area contributed by atoms with Crippen molar-refractivity contribution in [2.24, 2.45) is 17.1 Å². The van der Waals surface area contributed by atoms with Crippen molar-refractivity contribution < 1.29 is 9.13 Å². The Morgan fingerprint density at radius 3 is 2.81 bits per heavy atom. The van der Waals surface area contributed by atoms with E-state index in [4.69, 9.17) is 15.7 Å². The molecular formula is C22H28FN3O. The molecule has 0 amide bonds. The van der Waals surface area contributed by atoms with Crippen molar-refractivity contribution in [3.05, 3.63) is 41.7 Å². The Morgan fingerprint density at radius 2 is 2.11 bits per heavy atom. The van der Waals surface area contributed by atoms with Crippen molar-refractivity contribution in [3.63, 3.8) is 0 Å². The molecule has 1 aliphatic heterocycles. The number of ether oxygens (including phenoxy) is 1. The van der Waals surface area contributed by atoms with Crippen LogP contribution in [0.1, 0.15) is 44.6 Å². The topological polar surface area (TPSA) is 62.3 Å². The van der Waals surface area contributed by atoms with Crippen LogP contribution in [0.15, 0.2) is 36.2 Å². The van der Waals surface area contributed by atoms with Crippen LogP contribution in [0.3, 0.4) is 0 Å². The van der Waals surface area contributed by atoms with Gasteiger partial charge in [0.25, 0.3) is 0 Å². The van der Waals surface area contributed by atoms with Crippen LogP contribution < -0.4 is 10.5 Å². The van der Waals surface area contributed by atoms with Crippen LogP contribution in [0.5, 0.6) is 5.75 Å². The van der Waals surface area contributed by atoms with Gasteiger partial charge in [0.15, 0.2) is 0 Å². The zero-order valence-corrected chi connectivity index (χ0v) is 15.9. The number of allylic oxidation sites excluding steroid dienone is 2. The van der Waals surface area contributed by atoms with Crippen LogP contribution in [0.25, 0.3) is 0 Å². The summed E-state index contributed by atoms with van der Waals surface area (Å²) < 4.78 is 20.6. The van der Waals surface area contributed by atoms with E-state index < -0.39 is 0 Å². The van der Waals surface area contributed by atoms with Crippen LogP contribution in [-0.2, 0) is 0 Å². The molecule has 1 saturated heterocycles. The molecule has 1 saturated carbocycles. The van der Waals surface area contributed by atoms with Crippen molar-refractivity contribution in [1.29, 1.82) is 5.26 Å². The molecule has 0 spiro atoms. The highest BCUT2D eigenvalue weighted by molar-refractivity contribution is 5.35. The molecule has 2 N–H and O–H groups in total. The predicted molar refractivity (Wildman–Crippen MR) is 103 cm³/mol. The molecule has 0 radical (unpaired) electrons. The van der Waals surface area contributed by atoms with E-state index in [0.29, 0.717) is 12.0 Å². The first-order valence-corrected chi connectivity index (χ1v) is 10.0. The second-order valence-electron chi connectivity index (χ2n) is 8.60. The number of nitrogens with two attached hydrogens (primary N) is 1. The van der Waals surface area contributed by atoms with Crippen molar-refractivity contribution in [1.82, 2.24) is 4.90 Å². The van der Waals surface area contributed by atoms with Crippen LogP contribution in [0.4, 0.5) is 4.39 Å². The summed E-state index contributed by atoms with van der Waals surface area (Å²) in [6.45, 7) is 4.16. The average molecular weight is 369 g/mol. The molecule has 144 valence electrons. The number of nitriles is 1. The summed E-state index contributed by atoms with van der Waals surface area (Å²) in [6.07, 6.45) is 6.21. The van der Waals surface area contributed by atoms with Gasteiger partial charge in [0, 0.05) is 24.0 Å². The molecule has 1 aromatic rings. The number of halogens is 1. The lowest BCUT2D eigenvalue weighted by molar-refractivity contribution is 0.00428. The van der Waals surface area contributed by atoms with Crippen molar-refractivity contribution >= 4 is 0 Å². The smallest absolute Gasteiger partial charge is 0.120 e. The third-order valence-corrected chi connectivity index (χ3v) is 6.83. The average Bonchev–Trinajstić information content (AvgIpc) is 2.95. The molecule has 0 aromatic heterocycles. The molecule has 2 fully saturated rings. The summed E-state index contributed by atoms with van der Waals surface area (Å²) in [5, 5.41) is 9.02. The summed E-state index contributed by atoms with van der Waals surface area (Å²) in [6, 6.07) is 9.90. The zero-order valence-electron chi connectivity index (χ0n) is 15.9. The normalized spacial score (nSPS) is 36.6. The summed E-state index contributed by atoms with van der Waals surface area (Å²) in [5.74, 6) is 0.991. The number of benzene rings is 1. The van der Waals surface area contributed by atoms with Gasteiger partial charge in [0.1, 0.15) is 11.9 Å². The number of piperidine rings is 1. The van der Waals surface area contributed by atoms with Gasteiger partial charge in [-0.2, -0.15) is 5.26 Å². The quantitative estimate of drug-likeness (QED) is 0.881. The molecule has 5 heteroatoms. The second-order valence-corrected chi connectivity index (χ2v) is 8.60. The van der Waals surface area contributed by atoms with Gasteiger partial charge in [-0.05, 0) is 74.9 Å². The van der Waals surface area contributed by atoms with Gasteiger partial charge < -0.3 is 10.5 Å². The van der Waals surface area contributed by atoms with Crippen LogP contribution in [0.2, 0.25) is 0 Å². The minimum atomic E-state index is -0.0876. The predicted octanol–water partition coefficient (Wildman–Crippen LogP) is 3.77. The Labute approximate surface area is 160 Å². The van der Waals surface area contributed by atoms with E-state index in [2.05, 4.69) is 17.9 Å². The lowest BCUT2D eigenvalue weighted by Gasteiger charge is -2.42. The Bertz CT molecular complexity index is 756. The molecule has 4 nitrogen and oxygen atoms in total. The largest absolute Gasteiger partial charge is 0.488 e. The second kappa shape index (κ2) is 7.26. The van der Waals surface area contributed by atoms with Crippen LogP contribution in [-0.4, -0.2) is 36.2 Å². The van der Waals surface area contributed by atoms with E-state index in [1.807, 2.05) is 18.2 Å². The highest BCUT2D eigenvalue weighted by Gasteiger charge is 2.55. The maximum absolute atomic E-state index is 14.0. The molecule has 4 rings (SSSR count).